The molecule has 3 heterocycles. The van der Waals surface area contributed by atoms with Crippen molar-refractivity contribution < 1.29 is 38.8 Å². The summed E-state index contributed by atoms with van der Waals surface area (Å²) in [7, 11) is -3.89. The fourth-order valence-electron chi connectivity index (χ4n) is 4.28. The number of esters is 1. The van der Waals surface area contributed by atoms with Crippen molar-refractivity contribution in [2.75, 3.05) is 12.8 Å². The monoisotopic (exact) mass is 469 g/mol. The third kappa shape index (κ3) is 5.29. The third-order valence-corrected chi connectivity index (χ3v) is 6.83. The zero-order valence-electron chi connectivity index (χ0n) is 18.3. The van der Waals surface area contributed by atoms with Crippen LogP contribution in [0.1, 0.15) is 69.1 Å². The highest BCUT2D eigenvalue weighted by Crippen LogP contribution is 2.58. The maximum Gasteiger partial charge on any atom is 0.333 e. The Morgan fingerprint density at radius 1 is 1.16 bits per heavy atom. The molecule has 10 heteroatoms. The Hall–Kier alpha value is -2.06. The lowest BCUT2D eigenvalue weighted by Crippen LogP contribution is -2.29. The van der Waals surface area contributed by atoms with Gasteiger partial charge >= 0.3 is 13.6 Å². The van der Waals surface area contributed by atoms with Crippen LogP contribution in [0.4, 0.5) is 0 Å². The van der Waals surface area contributed by atoms with E-state index in [1.807, 2.05) is 0 Å². The van der Waals surface area contributed by atoms with Crippen molar-refractivity contribution in [2.45, 2.75) is 70.1 Å². The number of carbonyl (C=O) groups is 1. The molecule has 2 aliphatic heterocycles. The average Bonchev–Trinajstić information content (AvgIpc) is 3.35. The predicted octanol–water partition coefficient (Wildman–Crippen LogP) is 3.76. The van der Waals surface area contributed by atoms with E-state index in [1.165, 1.54) is 4.57 Å². The van der Waals surface area contributed by atoms with Gasteiger partial charge in [-0.1, -0.05) is 44.8 Å². The van der Waals surface area contributed by atoms with Gasteiger partial charge in [0.25, 0.3) is 0 Å². The second kappa shape index (κ2) is 9.83. The van der Waals surface area contributed by atoms with E-state index in [9.17, 15) is 19.6 Å². The second-order valence-electron chi connectivity index (χ2n) is 8.59. The average molecular weight is 469 g/mol. The lowest BCUT2D eigenvalue weighted by Gasteiger charge is -2.23. The van der Waals surface area contributed by atoms with Gasteiger partial charge in [0.05, 0.1) is 11.1 Å². The molecule has 0 saturated carbocycles. The standard InChI is InChI=1S/C22H32NO8P/c1-15(2)21(26)30-14-22-11-10-16(31-22)17-18(22)20(25)23(19(17)24)12-8-6-4-3-5-7-9-13-32(27,28)29/h10-11,16,24-25H,1,3-9,12-14H2,2H3,(H2,27,28,29). The lowest BCUT2D eigenvalue weighted by atomic mass is 9.90. The van der Waals surface area contributed by atoms with Crippen molar-refractivity contribution in [3.63, 3.8) is 0 Å². The summed E-state index contributed by atoms with van der Waals surface area (Å²) in [5, 5.41) is 21.5. The number of hydrogen-bond donors (Lipinski definition) is 4. The fraction of sp³-hybridized carbons (Fsp3) is 0.591. The predicted molar refractivity (Wildman–Crippen MR) is 117 cm³/mol. The molecule has 0 amide bonds. The van der Waals surface area contributed by atoms with Gasteiger partial charge in [0, 0.05) is 18.3 Å². The SMILES string of the molecule is C=C(C)C(=O)OCC12C=CC(O1)c1c2c(O)n(CCCCCCCCCP(=O)(O)O)c1O. The highest BCUT2D eigenvalue weighted by molar-refractivity contribution is 7.51. The summed E-state index contributed by atoms with van der Waals surface area (Å²) in [5.41, 5.74) is 0.124. The van der Waals surface area contributed by atoms with E-state index in [0.717, 1.165) is 38.5 Å². The van der Waals surface area contributed by atoms with Crippen LogP contribution in [0.5, 0.6) is 11.8 Å². The van der Waals surface area contributed by atoms with Crippen LogP contribution in [0.3, 0.4) is 0 Å². The van der Waals surface area contributed by atoms with Crippen molar-refractivity contribution in [3.8, 4) is 11.8 Å². The van der Waals surface area contributed by atoms with Crippen LogP contribution in [-0.4, -0.2) is 43.3 Å². The van der Waals surface area contributed by atoms with E-state index >= 15 is 0 Å². The van der Waals surface area contributed by atoms with Crippen LogP contribution in [0.2, 0.25) is 0 Å². The summed E-state index contributed by atoms with van der Waals surface area (Å²) in [5.74, 6) is -0.649. The van der Waals surface area contributed by atoms with E-state index in [-0.39, 0.29) is 30.1 Å². The molecule has 2 atom stereocenters. The number of hydrogen-bond acceptors (Lipinski definition) is 6. The van der Waals surface area contributed by atoms with Gasteiger partial charge in [0.15, 0.2) is 5.60 Å². The van der Waals surface area contributed by atoms with Gasteiger partial charge in [-0.05, 0) is 25.8 Å². The number of unbranched alkanes of at least 4 members (excludes halogenated alkanes) is 6. The Kier molecular flexibility index (Phi) is 7.55. The summed E-state index contributed by atoms with van der Waals surface area (Å²) < 4.78 is 23.5. The van der Waals surface area contributed by atoms with Gasteiger partial charge in [-0.15, -0.1) is 0 Å². The molecule has 1 aromatic rings. The van der Waals surface area contributed by atoms with Crippen molar-refractivity contribution >= 4 is 13.6 Å². The first-order valence-corrected chi connectivity index (χ1v) is 12.7. The highest BCUT2D eigenvalue weighted by Gasteiger charge is 2.53. The van der Waals surface area contributed by atoms with Crippen LogP contribution >= 0.6 is 7.60 Å². The molecular weight excluding hydrogens is 437 g/mol. The molecule has 4 N–H and O–H groups in total. The summed E-state index contributed by atoms with van der Waals surface area (Å²) in [6.45, 7) is 5.44. The Labute approximate surface area is 187 Å². The third-order valence-electron chi connectivity index (χ3n) is 5.93. The Bertz CT molecular complexity index is 946. The van der Waals surface area contributed by atoms with Crippen LogP contribution in [0.25, 0.3) is 0 Å². The molecule has 2 unspecified atom stereocenters. The van der Waals surface area contributed by atoms with Crippen molar-refractivity contribution in [1.29, 1.82) is 0 Å². The van der Waals surface area contributed by atoms with Gasteiger partial charge in [0.2, 0.25) is 11.8 Å². The minimum absolute atomic E-state index is 0.0302. The molecule has 0 aromatic carbocycles. The minimum atomic E-state index is -3.89. The smallest absolute Gasteiger partial charge is 0.333 e. The van der Waals surface area contributed by atoms with E-state index in [2.05, 4.69) is 6.58 Å². The summed E-state index contributed by atoms with van der Waals surface area (Å²) in [4.78, 5) is 29.5. The Balaban J connectivity index is 1.51. The van der Waals surface area contributed by atoms with Crippen LogP contribution in [0, 0.1) is 0 Å². The van der Waals surface area contributed by atoms with E-state index < -0.39 is 25.3 Å². The number of nitrogens with zero attached hydrogens (tertiary/aromatic N) is 1. The second-order valence-corrected chi connectivity index (χ2v) is 10.4. The maximum absolute atomic E-state index is 11.8. The van der Waals surface area contributed by atoms with Crippen LogP contribution < -0.4 is 0 Å². The largest absolute Gasteiger partial charge is 0.494 e. The summed E-state index contributed by atoms with van der Waals surface area (Å²) >= 11 is 0. The molecular formula is C22H32NO8P. The quantitative estimate of drug-likeness (QED) is 0.113. The molecule has 9 nitrogen and oxygen atoms in total. The molecule has 32 heavy (non-hydrogen) atoms. The molecule has 0 fully saturated rings. The first-order valence-electron chi connectivity index (χ1n) is 10.9. The summed E-state index contributed by atoms with van der Waals surface area (Å²) in [6.07, 6.45) is 8.83. The number of rotatable bonds is 13. The fourth-order valence-corrected chi connectivity index (χ4v) is 4.91. The molecule has 178 valence electrons. The van der Waals surface area contributed by atoms with Crippen LogP contribution in [0.15, 0.2) is 24.3 Å². The van der Waals surface area contributed by atoms with Crippen molar-refractivity contribution in [2.24, 2.45) is 0 Å². The first-order chi connectivity index (χ1) is 15.1. The van der Waals surface area contributed by atoms with Crippen LogP contribution in [-0.2, 0) is 31.0 Å². The van der Waals surface area contributed by atoms with Crippen molar-refractivity contribution in [3.05, 3.63) is 35.4 Å². The van der Waals surface area contributed by atoms with Gasteiger partial charge in [-0.25, -0.2) is 4.79 Å². The van der Waals surface area contributed by atoms with Gasteiger partial charge in [-0.3, -0.25) is 9.13 Å². The molecule has 1 aromatic heterocycles. The number of fused-ring (bicyclic) bond motifs is 5. The first kappa shape index (κ1) is 24.6. The maximum atomic E-state index is 11.8. The van der Waals surface area contributed by atoms with Gasteiger partial charge in [-0.2, -0.15) is 0 Å². The molecule has 0 aliphatic carbocycles. The molecule has 0 radical (unpaired) electrons. The highest BCUT2D eigenvalue weighted by atomic mass is 31.2. The van der Waals surface area contributed by atoms with Gasteiger partial charge in [0.1, 0.15) is 12.7 Å². The Morgan fingerprint density at radius 3 is 2.41 bits per heavy atom. The topological polar surface area (TPSA) is 138 Å². The van der Waals surface area contributed by atoms with E-state index in [0.29, 0.717) is 24.1 Å². The number of ether oxygens (including phenoxy) is 2. The molecule has 0 spiro atoms. The number of aromatic nitrogens is 1. The zero-order chi connectivity index (χ0) is 23.5. The molecule has 2 bridgehead atoms. The minimum Gasteiger partial charge on any atom is -0.494 e. The Morgan fingerprint density at radius 2 is 1.78 bits per heavy atom. The normalized spacial score (nSPS) is 21.2. The van der Waals surface area contributed by atoms with Gasteiger partial charge < -0.3 is 29.5 Å². The molecule has 2 aliphatic rings. The number of aromatic hydroxyl groups is 2. The molecule has 3 rings (SSSR count). The van der Waals surface area contributed by atoms with E-state index in [4.69, 9.17) is 19.3 Å². The number of carbonyl (C=O) groups excluding carboxylic acids is 1. The van der Waals surface area contributed by atoms with E-state index in [1.54, 1.807) is 19.1 Å². The lowest BCUT2D eigenvalue weighted by molar-refractivity contribution is -0.147. The van der Waals surface area contributed by atoms with Crippen molar-refractivity contribution in [1.82, 2.24) is 4.57 Å². The zero-order valence-corrected chi connectivity index (χ0v) is 19.2. The molecule has 0 saturated heterocycles. The summed E-state index contributed by atoms with van der Waals surface area (Å²) in [6, 6.07) is 0.